The predicted molar refractivity (Wildman–Crippen MR) is 56.2 cm³/mol. The number of fused-ring (bicyclic) bond motifs is 1. The minimum absolute atomic E-state index is 0.699. The van der Waals surface area contributed by atoms with Gasteiger partial charge >= 0.3 is 0 Å². The lowest BCUT2D eigenvalue weighted by Crippen LogP contribution is -1.82. The first kappa shape index (κ1) is 8.16. The van der Waals surface area contributed by atoms with E-state index >= 15 is 0 Å². The Balaban J connectivity index is 2.39. The molecular weight excluding hydrogens is 190 g/mol. The van der Waals surface area contributed by atoms with Gasteiger partial charge in [-0.3, -0.25) is 0 Å². The summed E-state index contributed by atoms with van der Waals surface area (Å²) in [5.41, 5.74) is 3.20. The zero-order valence-electron chi connectivity index (χ0n) is 8.15. The Morgan fingerprint density at radius 3 is 2.87 bits per heavy atom. The molecule has 0 saturated carbocycles. The van der Waals surface area contributed by atoms with E-state index in [4.69, 9.17) is 0 Å². The maximum atomic E-state index is 3.93. The minimum Gasteiger partial charge on any atom is -0.358 e. The molecule has 0 aliphatic heterocycles. The van der Waals surface area contributed by atoms with Gasteiger partial charge < -0.3 is 4.98 Å². The van der Waals surface area contributed by atoms with E-state index in [2.05, 4.69) is 31.7 Å². The predicted octanol–water partition coefficient (Wildman–Crippen LogP) is 1.66. The average molecular weight is 199 g/mol. The highest BCUT2D eigenvalue weighted by molar-refractivity contribution is 5.95. The number of para-hydroxylation sites is 1. The van der Waals surface area contributed by atoms with Crippen LogP contribution in [0.3, 0.4) is 0 Å². The molecule has 5 heteroatoms. The largest absolute Gasteiger partial charge is 0.358 e. The first-order valence-electron chi connectivity index (χ1n) is 4.67. The van der Waals surface area contributed by atoms with Crippen molar-refractivity contribution in [1.82, 2.24) is 25.6 Å². The lowest BCUT2D eigenvalue weighted by atomic mass is 10.1. The van der Waals surface area contributed by atoms with Crippen molar-refractivity contribution in [2.24, 2.45) is 0 Å². The van der Waals surface area contributed by atoms with E-state index in [9.17, 15) is 0 Å². The van der Waals surface area contributed by atoms with Crippen LogP contribution >= 0.6 is 0 Å². The van der Waals surface area contributed by atoms with Gasteiger partial charge in [0, 0.05) is 22.2 Å². The van der Waals surface area contributed by atoms with E-state index in [0.29, 0.717) is 5.82 Å². The molecule has 15 heavy (non-hydrogen) atoms. The second-order valence-electron chi connectivity index (χ2n) is 3.42. The lowest BCUT2D eigenvalue weighted by molar-refractivity contribution is 0.881. The highest BCUT2D eigenvalue weighted by atomic mass is 15.5. The number of H-pyrrole nitrogens is 2. The van der Waals surface area contributed by atoms with Crippen LogP contribution in [0.15, 0.2) is 24.3 Å². The van der Waals surface area contributed by atoms with Crippen molar-refractivity contribution in [3.63, 3.8) is 0 Å². The molecule has 0 unspecified atom stereocenters. The van der Waals surface area contributed by atoms with E-state index in [1.54, 1.807) is 0 Å². The second kappa shape index (κ2) is 2.91. The highest BCUT2D eigenvalue weighted by Gasteiger charge is 2.12. The van der Waals surface area contributed by atoms with Crippen molar-refractivity contribution in [3.8, 4) is 11.4 Å². The van der Waals surface area contributed by atoms with Crippen LogP contribution in [0.25, 0.3) is 22.3 Å². The summed E-state index contributed by atoms with van der Waals surface area (Å²) in [6, 6.07) is 8.09. The maximum absolute atomic E-state index is 3.93. The number of hydrogen-bond donors (Lipinski definition) is 2. The maximum Gasteiger partial charge on any atom is 0.181 e. The normalized spacial score (nSPS) is 11.0. The van der Waals surface area contributed by atoms with Crippen LogP contribution in [-0.2, 0) is 0 Å². The standard InChI is InChI=1S/C10H9N5/c1-6-9(10-12-14-15-13-10)7-4-2-3-5-8(7)11-6/h2-5,11H,1H3,(H,12,13,14,15). The van der Waals surface area contributed by atoms with Crippen LogP contribution in [-0.4, -0.2) is 25.6 Å². The number of nitrogens with one attached hydrogen (secondary N) is 2. The SMILES string of the molecule is Cc1[nH]c2ccccc2c1-c1nnn[nH]1. The van der Waals surface area contributed by atoms with Crippen molar-refractivity contribution in [2.75, 3.05) is 0 Å². The van der Waals surface area contributed by atoms with E-state index in [1.807, 2.05) is 25.1 Å². The molecule has 0 atom stereocenters. The van der Waals surface area contributed by atoms with Gasteiger partial charge in [0.25, 0.3) is 0 Å². The first-order valence-corrected chi connectivity index (χ1v) is 4.67. The summed E-state index contributed by atoms with van der Waals surface area (Å²) in [5.74, 6) is 0.699. The van der Waals surface area contributed by atoms with Crippen molar-refractivity contribution in [3.05, 3.63) is 30.0 Å². The zero-order valence-corrected chi connectivity index (χ0v) is 8.15. The monoisotopic (exact) mass is 199 g/mol. The number of hydrogen-bond acceptors (Lipinski definition) is 3. The molecule has 3 aromatic rings. The summed E-state index contributed by atoms with van der Waals surface area (Å²) in [6.45, 7) is 2.01. The molecule has 2 heterocycles. The van der Waals surface area contributed by atoms with E-state index < -0.39 is 0 Å². The second-order valence-corrected chi connectivity index (χ2v) is 3.42. The summed E-state index contributed by atoms with van der Waals surface area (Å²) in [6.07, 6.45) is 0. The van der Waals surface area contributed by atoms with Crippen molar-refractivity contribution < 1.29 is 0 Å². The zero-order chi connectivity index (χ0) is 10.3. The molecular formula is C10H9N5. The Hall–Kier alpha value is -2.17. The topological polar surface area (TPSA) is 70.2 Å². The molecule has 74 valence electrons. The molecule has 0 saturated heterocycles. The van der Waals surface area contributed by atoms with Crippen LogP contribution in [0.2, 0.25) is 0 Å². The third-order valence-electron chi connectivity index (χ3n) is 2.48. The van der Waals surface area contributed by atoms with Crippen LogP contribution in [0.1, 0.15) is 5.69 Å². The Kier molecular flexibility index (Phi) is 1.58. The van der Waals surface area contributed by atoms with Gasteiger partial charge in [0.05, 0.1) is 0 Å². The molecule has 3 rings (SSSR count). The molecule has 0 fully saturated rings. The van der Waals surface area contributed by atoms with Crippen molar-refractivity contribution in [1.29, 1.82) is 0 Å². The van der Waals surface area contributed by atoms with Crippen LogP contribution < -0.4 is 0 Å². The third kappa shape index (κ3) is 1.13. The van der Waals surface area contributed by atoms with Crippen molar-refractivity contribution in [2.45, 2.75) is 6.92 Å². The lowest BCUT2D eigenvalue weighted by Gasteiger charge is -1.93. The molecule has 0 amide bonds. The van der Waals surface area contributed by atoms with Crippen molar-refractivity contribution >= 4 is 10.9 Å². The molecule has 2 aromatic heterocycles. The molecule has 5 nitrogen and oxygen atoms in total. The number of nitrogens with zero attached hydrogens (tertiary/aromatic N) is 3. The highest BCUT2D eigenvalue weighted by Crippen LogP contribution is 2.28. The average Bonchev–Trinajstić information content (AvgIpc) is 2.82. The summed E-state index contributed by atoms with van der Waals surface area (Å²) in [4.78, 5) is 3.30. The summed E-state index contributed by atoms with van der Waals surface area (Å²) in [7, 11) is 0. The van der Waals surface area contributed by atoms with Gasteiger partial charge in [-0.1, -0.05) is 18.2 Å². The quantitative estimate of drug-likeness (QED) is 0.626. The van der Waals surface area contributed by atoms with E-state index in [-0.39, 0.29) is 0 Å². The minimum atomic E-state index is 0.699. The Labute approximate surface area is 85.5 Å². The Morgan fingerprint density at radius 2 is 2.07 bits per heavy atom. The van der Waals surface area contributed by atoms with Gasteiger partial charge in [-0.2, -0.15) is 0 Å². The van der Waals surface area contributed by atoms with Crippen LogP contribution in [0.4, 0.5) is 0 Å². The molecule has 1 aromatic carbocycles. The molecule has 0 aliphatic carbocycles. The Morgan fingerprint density at radius 1 is 1.20 bits per heavy atom. The molecule has 0 radical (unpaired) electrons. The van der Waals surface area contributed by atoms with Gasteiger partial charge in [0.1, 0.15) is 0 Å². The number of benzene rings is 1. The fourth-order valence-corrected chi connectivity index (χ4v) is 1.85. The number of aromatic amines is 2. The fourth-order valence-electron chi connectivity index (χ4n) is 1.85. The molecule has 0 bridgehead atoms. The van der Waals surface area contributed by atoms with Gasteiger partial charge in [0.2, 0.25) is 0 Å². The number of rotatable bonds is 1. The van der Waals surface area contributed by atoms with Gasteiger partial charge in [-0.15, -0.1) is 5.10 Å². The molecule has 0 aliphatic rings. The van der Waals surface area contributed by atoms with Gasteiger partial charge in [-0.25, -0.2) is 5.10 Å². The molecule has 2 N–H and O–H groups in total. The Bertz CT molecular complexity index is 593. The van der Waals surface area contributed by atoms with Gasteiger partial charge in [0.15, 0.2) is 5.82 Å². The van der Waals surface area contributed by atoms with Crippen LogP contribution in [0.5, 0.6) is 0 Å². The first-order chi connectivity index (χ1) is 7.36. The summed E-state index contributed by atoms with van der Waals surface area (Å²) < 4.78 is 0. The smallest absolute Gasteiger partial charge is 0.181 e. The fraction of sp³-hybridized carbons (Fsp3) is 0.100. The number of aromatic nitrogens is 5. The molecule has 0 spiro atoms. The van der Waals surface area contributed by atoms with E-state index in [0.717, 1.165) is 22.2 Å². The third-order valence-corrected chi connectivity index (χ3v) is 2.48. The number of aryl methyl sites for hydroxylation is 1. The van der Waals surface area contributed by atoms with Gasteiger partial charge in [-0.05, 0) is 23.4 Å². The van der Waals surface area contributed by atoms with E-state index in [1.165, 1.54) is 0 Å². The summed E-state index contributed by atoms with van der Waals surface area (Å²) in [5, 5.41) is 15.0. The van der Waals surface area contributed by atoms with Crippen LogP contribution in [0, 0.1) is 6.92 Å². The summed E-state index contributed by atoms with van der Waals surface area (Å²) >= 11 is 0. The number of tetrazole rings is 1.